The zero-order valence-corrected chi connectivity index (χ0v) is 7.66. The van der Waals surface area contributed by atoms with Crippen molar-refractivity contribution < 1.29 is 4.21 Å². The highest BCUT2D eigenvalue weighted by atomic mass is 79.9. The van der Waals surface area contributed by atoms with Crippen LogP contribution in [0.1, 0.15) is 0 Å². The van der Waals surface area contributed by atoms with Crippen molar-refractivity contribution in [2.24, 2.45) is 0 Å². The molecule has 0 saturated heterocycles. The van der Waals surface area contributed by atoms with Crippen LogP contribution in [0.5, 0.6) is 0 Å². The maximum atomic E-state index is 10.8. The molecule has 6 heteroatoms. The molecule has 0 aliphatic rings. The van der Waals surface area contributed by atoms with E-state index >= 15 is 0 Å². The van der Waals surface area contributed by atoms with Crippen LogP contribution in [0.25, 0.3) is 0 Å². The molecule has 0 bridgehead atoms. The molecule has 1 aromatic heterocycles. The topological polar surface area (TPSA) is 73.8 Å². The van der Waals surface area contributed by atoms with E-state index in [1.807, 2.05) is 0 Å². The fraction of sp³-hybridized carbons (Fsp3) is 0. The number of pyridine rings is 1. The van der Waals surface area contributed by atoms with E-state index in [4.69, 9.17) is 4.78 Å². The molecule has 0 spiro atoms. The monoisotopic (exact) mass is 235 g/mol. The Morgan fingerprint density at radius 3 is 2.73 bits per heavy atom. The van der Waals surface area contributed by atoms with Crippen molar-refractivity contribution in [1.82, 2.24) is 4.98 Å². The average Bonchev–Trinajstić information content (AvgIpc) is 1.94. The van der Waals surface area contributed by atoms with Crippen LogP contribution < -0.4 is 5.56 Å². The van der Waals surface area contributed by atoms with E-state index in [0.29, 0.717) is 4.47 Å². The minimum Gasteiger partial charge on any atom is -0.440 e. The third-order valence-electron chi connectivity index (χ3n) is 1.03. The van der Waals surface area contributed by atoms with Gasteiger partial charge in [0.2, 0.25) is 5.56 Å². The number of halogens is 1. The average molecular weight is 236 g/mol. The van der Waals surface area contributed by atoms with Crippen molar-refractivity contribution in [3.05, 3.63) is 27.1 Å². The minimum atomic E-state index is -1.97. The predicted octanol–water partition coefficient (Wildman–Crippen LogP) is 1.22. The van der Waals surface area contributed by atoms with Gasteiger partial charge in [-0.05, 0) is 20.8 Å². The van der Waals surface area contributed by atoms with Gasteiger partial charge in [0.25, 0.3) is 0 Å². The second kappa shape index (κ2) is 3.19. The molecular formula is C5H4BrN2O2S-. The molecule has 60 valence electrons. The summed E-state index contributed by atoms with van der Waals surface area (Å²) in [6.45, 7) is 0. The molecular weight excluding hydrogens is 232 g/mol. The summed E-state index contributed by atoms with van der Waals surface area (Å²) >= 11 is 3.08. The molecule has 0 unspecified atom stereocenters. The molecule has 2 N–H and O–H groups in total. The Bertz CT molecular complexity index is 388. The van der Waals surface area contributed by atoms with Gasteiger partial charge in [-0.3, -0.25) is 4.79 Å². The van der Waals surface area contributed by atoms with Gasteiger partial charge >= 0.3 is 0 Å². The first-order valence-corrected chi connectivity index (χ1v) is 4.57. The lowest BCUT2D eigenvalue weighted by Crippen LogP contribution is -2.08. The number of H-pyrrole nitrogens is 1. The van der Waals surface area contributed by atoms with Crippen LogP contribution in [0.3, 0.4) is 0 Å². The molecule has 4 nitrogen and oxygen atoms in total. The normalized spacial score (nSPS) is 10.4. The lowest BCUT2D eigenvalue weighted by atomic mass is 10.5. The third-order valence-corrected chi connectivity index (χ3v) is 2.19. The van der Waals surface area contributed by atoms with Crippen molar-refractivity contribution in [2.45, 2.75) is 4.90 Å². The minimum absolute atomic E-state index is 0.0422. The summed E-state index contributed by atoms with van der Waals surface area (Å²) in [5.74, 6) is 0. The molecule has 0 aliphatic carbocycles. The van der Waals surface area contributed by atoms with E-state index in [0.717, 1.165) is 0 Å². The zero-order chi connectivity index (χ0) is 8.43. The smallest absolute Gasteiger partial charge is 0.233 e. The van der Waals surface area contributed by atoms with E-state index in [-0.39, 0.29) is 4.90 Å². The Hall–Kier alpha value is -0.620. The van der Waals surface area contributed by atoms with E-state index in [1.54, 1.807) is 0 Å². The van der Waals surface area contributed by atoms with Crippen molar-refractivity contribution in [2.75, 3.05) is 0 Å². The number of rotatable bonds is 1. The predicted molar refractivity (Wildman–Crippen MR) is 43.8 cm³/mol. The van der Waals surface area contributed by atoms with Gasteiger partial charge in [-0.15, -0.1) is 0 Å². The largest absolute Gasteiger partial charge is 0.440 e. The first-order valence-electron chi connectivity index (χ1n) is 2.62. The lowest BCUT2D eigenvalue weighted by Gasteiger charge is -1.99. The van der Waals surface area contributed by atoms with Crippen LogP contribution in [0, 0.1) is 4.78 Å². The lowest BCUT2D eigenvalue weighted by molar-refractivity contribution is 0.598. The Kier molecular flexibility index (Phi) is 2.45. The summed E-state index contributed by atoms with van der Waals surface area (Å²) in [4.78, 5) is 13.1. The van der Waals surface area contributed by atoms with Crippen LogP contribution >= 0.6 is 15.9 Å². The third kappa shape index (κ3) is 1.90. The maximum absolute atomic E-state index is 10.8. The van der Waals surface area contributed by atoms with Gasteiger partial charge < -0.3 is 14.0 Å². The molecule has 0 aliphatic heterocycles. The van der Waals surface area contributed by atoms with E-state index in [2.05, 4.69) is 20.9 Å². The molecule has 0 amide bonds. The highest BCUT2D eigenvalue weighted by molar-refractivity contribution is 9.10. The highest BCUT2D eigenvalue weighted by Crippen LogP contribution is 2.07. The molecule has 11 heavy (non-hydrogen) atoms. The Morgan fingerprint density at radius 2 is 2.27 bits per heavy atom. The molecule has 0 atom stereocenters. The van der Waals surface area contributed by atoms with Gasteiger partial charge in [0, 0.05) is 10.7 Å². The van der Waals surface area contributed by atoms with Gasteiger partial charge in [0.05, 0.1) is 0 Å². The Morgan fingerprint density at radius 1 is 1.64 bits per heavy atom. The summed E-state index contributed by atoms with van der Waals surface area (Å²) in [6, 6.07) is 1.36. The summed E-state index contributed by atoms with van der Waals surface area (Å²) in [7, 11) is -1.97. The second-order valence-electron chi connectivity index (χ2n) is 1.78. The van der Waals surface area contributed by atoms with Crippen molar-refractivity contribution in [1.29, 1.82) is 4.78 Å². The Balaban J connectivity index is 3.47. The summed E-state index contributed by atoms with van der Waals surface area (Å²) in [5, 5.41) is 0. The number of aromatic amines is 1. The Labute approximate surface area is 72.8 Å². The standard InChI is InChI=1S/C5H4BrN2O2S/c6-3-1-4(11(7)10)5(9)8-2-3/h1-2,7H,(H,8,9)/q-1. The van der Waals surface area contributed by atoms with E-state index in [9.17, 15) is 9.00 Å². The molecule has 1 rings (SSSR count). The second-order valence-corrected chi connectivity index (χ2v) is 3.67. The number of nitrogens with one attached hydrogen (secondary N) is 2. The van der Waals surface area contributed by atoms with E-state index < -0.39 is 16.2 Å². The SMILES string of the molecule is N=[S-](=O)c1cc(Br)c[nH]c1=O. The fourth-order valence-electron chi connectivity index (χ4n) is 0.576. The maximum Gasteiger partial charge on any atom is 0.233 e. The van der Waals surface area contributed by atoms with E-state index in [1.165, 1.54) is 12.3 Å². The molecule has 1 aromatic rings. The molecule has 0 radical (unpaired) electrons. The highest BCUT2D eigenvalue weighted by Gasteiger charge is 1.91. The summed E-state index contributed by atoms with van der Waals surface area (Å²) in [5.41, 5.74) is -0.485. The van der Waals surface area contributed by atoms with Crippen molar-refractivity contribution in [3.63, 3.8) is 0 Å². The quantitative estimate of drug-likeness (QED) is 0.719. The fourth-order valence-corrected chi connectivity index (χ4v) is 1.53. The number of aromatic nitrogens is 1. The molecule has 1 heterocycles. The molecule has 0 saturated carbocycles. The van der Waals surface area contributed by atoms with Crippen LogP contribution in [-0.4, -0.2) is 4.98 Å². The van der Waals surface area contributed by atoms with Gasteiger partial charge in [0.1, 0.15) is 0 Å². The van der Waals surface area contributed by atoms with Gasteiger partial charge in [-0.25, -0.2) is 0 Å². The van der Waals surface area contributed by atoms with Crippen LogP contribution in [0.15, 0.2) is 26.4 Å². The van der Waals surface area contributed by atoms with Gasteiger partial charge in [-0.2, -0.15) is 10.6 Å². The zero-order valence-electron chi connectivity index (χ0n) is 5.26. The van der Waals surface area contributed by atoms with Crippen LogP contribution in [-0.2, 0) is 14.8 Å². The summed E-state index contributed by atoms with van der Waals surface area (Å²) < 4.78 is 17.9. The number of hydrogen-bond donors (Lipinski definition) is 2. The van der Waals surface area contributed by atoms with Gasteiger partial charge in [-0.1, -0.05) is 6.07 Å². The van der Waals surface area contributed by atoms with Crippen molar-refractivity contribution >= 4 is 26.5 Å². The number of hydrogen-bond acceptors (Lipinski definition) is 4. The van der Waals surface area contributed by atoms with Crippen LogP contribution in [0.2, 0.25) is 0 Å². The first kappa shape index (κ1) is 8.48. The molecule has 0 aromatic carbocycles. The summed E-state index contributed by atoms with van der Waals surface area (Å²) in [6.07, 6.45) is 1.43. The van der Waals surface area contributed by atoms with Crippen molar-refractivity contribution in [3.8, 4) is 0 Å². The first-order chi connectivity index (χ1) is 5.11. The molecule has 0 fully saturated rings. The van der Waals surface area contributed by atoms with Crippen LogP contribution in [0.4, 0.5) is 0 Å². The van der Waals surface area contributed by atoms with Gasteiger partial charge in [0.15, 0.2) is 0 Å².